The summed E-state index contributed by atoms with van der Waals surface area (Å²) >= 11 is 0. The molecule has 0 unspecified atom stereocenters. The van der Waals surface area contributed by atoms with Crippen LogP contribution in [0.4, 0.5) is 0 Å². The maximum Gasteiger partial charge on any atom is 0.309 e. The molecule has 21 heavy (non-hydrogen) atoms. The highest BCUT2D eigenvalue weighted by atomic mass is 16.5. The Morgan fingerprint density at radius 1 is 1.24 bits per heavy atom. The molecule has 1 aromatic carbocycles. The van der Waals surface area contributed by atoms with Gasteiger partial charge in [0.15, 0.2) is 6.61 Å². The van der Waals surface area contributed by atoms with Crippen LogP contribution in [0.3, 0.4) is 0 Å². The van der Waals surface area contributed by atoms with E-state index in [1.807, 2.05) is 32.0 Å². The van der Waals surface area contributed by atoms with Crippen LogP contribution in [0.15, 0.2) is 18.2 Å². The standard InChI is InChI=1S/C16H23NO4/c1-11-5-6-13(9-12(11)2)21-10-14(18)17-8-7-16(3,4)15(19)20/h5-6,9H,7-8,10H2,1-4H3,(H,17,18)(H,19,20). The average Bonchev–Trinajstić information content (AvgIpc) is 2.39. The molecule has 5 heteroatoms. The van der Waals surface area contributed by atoms with Gasteiger partial charge >= 0.3 is 5.97 Å². The number of amides is 1. The van der Waals surface area contributed by atoms with Gasteiger partial charge in [0.2, 0.25) is 0 Å². The first kappa shape index (κ1) is 17.0. The van der Waals surface area contributed by atoms with Crippen LogP contribution >= 0.6 is 0 Å². The van der Waals surface area contributed by atoms with Crippen LogP contribution in [-0.4, -0.2) is 30.1 Å². The molecule has 1 aromatic rings. The number of hydrogen-bond acceptors (Lipinski definition) is 3. The summed E-state index contributed by atoms with van der Waals surface area (Å²) < 4.78 is 5.41. The van der Waals surface area contributed by atoms with E-state index in [1.54, 1.807) is 13.8 Å². The van der Waals surface area contributed by atoms with Crippen LogP contribution in [-0.2, 0) is 9.59 Å². The van der Waals surface area contributed by atoms with Crippen molar-refractivity contribution in [1.29, 1.82) is 0 Å². The lowest BCUT2D eigenvalue weighted by atomic mass is 9.90. The van der Waals surface area contributed by atoms with Crippen molar-refractivity contribution in [2.45, 2.75) is 34.1 Å². The molecule has 0 radical (unpaired) electrons. The normalized spacial score (nSPS) is 11.0. The number of hydrogen-bond donors (Lipinski definition) is 2. The average molecular weight is 293 g/mol. The van der Waals surface area contributed by atoms with Gasteiger partial charge in [-0.3, -0.25) is 9.59 Å². The Bertz CT molecular complexity index is 523. The van der Waals surface area contributed by atoms with E-state index in [0.717, 1.165) is 5.56 Å². The molecule has 0 aliphatic heterocycles. The minimum absolute atomic E-state index is 0.0734. The SMILES string of the molecule is Cc1ccc(OCC(=O)NCCC(C)(C)C(=O)O)cc1C. The lowest BCUT2D eigenvalue weighted by Crippen LogP contribution is -2.34. The number of carboxylic acid groups (broad SMARTS) is 1. The molecule has 0 aliphatic rings. The number of aliphatic carboxylic acids is 1. The molecular weight excluding hydrogens is 270 g/mol. The van der Waals surface area contributed by atoms with Gasteiger partial charge in [0.05, 0.1) is 5.41 Å². The number of benzene rings is 1. The summed E-state index contributed by atoms with van der Waals surface area (Å²) in [6.07, 6.45) is 0.373. The van der Waals surface area contributed by atoms with Crippen molar-refractivity contribution in [3.8, 4) is 5.75 Å². The summed E-state index contributed by atoms with van der Waals surface area (Å²) in [6.45, 7) is 7.50. The van der Waals surface area contributed by atoms with Crippen LogP contribution < -0.4 is 10.1 Å². The first-order chi connectivity index (χ1) is 9.72. The van der Waals surface area contributed by atoms with Gasteiger partial charge in [-0.25, -0.2) is 0 Å². The highest BCUT2D eigenvalue weighted by molar-refractivity contribution is 5.77. The van der Waals surface area contributed by atoms with Crippen molar-refractivity contribution in [2.24, 2.45) is 5.41 Å². The monoisotopic (exact) mass is 293 g/mol. The fraction of sp³-hybridized carbons (Fsp3) is 0.500. The van der Waals surface area contributed by atoms with Crippen molar-refractivity contribution in [2.75, 3.05) is 13.2 Å². The molecule has 0 heterocycles. The number of carbonyl (C=O) groups excluding carboxylic acids is 1. The maximum absolute atomic E-state index is 11.6. The maximum atomic E-state index is 11.6. The lowest BCUT2D eigenvalue weighted by Gasteiger charge is -2.18. The van der Waals surface area contributed by atoms with Gasteiger partial charge in [0.25, 0.3) is 5.91 Å². The number of aryl methyl sites for hydroxylation is 2. The number of rotatable bonds is 7. The quantitative estimate of drug-likeness (QED) is 0.809. The van der Waals surface area contributed by atoms with E-state index in [2.05, 4.69) is 5.32 Å². The highest BCUT2D eigenvalue weighted by Gasteiger charge is 2.26. The molecule has 0 spiro atoms. The predicted octanol–water partition coefficient (Wildman–Crippen LogP) is 2.30. The molecule has 1 rings (SSSR count). The summed E-state index contributed by atoms with van der Waals surface area (Å²) in [7, 11) is 0. The van der Waals surface area contributed by atoms with Crippen molar-refractivity contribution >= 4 is 11.9 Å². The highest BCUT2D eigenvalue weighted by Crippen LogP contribution is 2.19. The Morgan fingerprint density at radius 3 is 2.48 bits per heavy atom. The van der Waals surface area contributed by atoms with E-state index in [1.165, 1.54) is 5.56 Å². The second-order valence-corrected chi connectivity index (χ2v) is 5.82. The van der Waals surface area contributed by atoms with Gasteiger partial charge in [-0.2, -0.15) is 0 Å². The van der Waals surface area contributed by atoms with Gasteiger partial charge in [0.1, 0.15) is 5.75 Å². The van der Waals surface area contributed by atoms with E-state index in [4.69, 9.17) is 9.84 Å². The van der Waals surface area contributed by atoms with Crippen LogP contribution in [0.5, 0.6) is 5.75 Å². The summed E-state index contributed by atoms with van der Waals surface area (Å²) in [5, 5.41) is 11.6. The molecule has 0 aromatic heterocycles. The number of carbonyl (C=O) groups is 2. The second kappa shape index (κ2) is 7.11. The summed E-state index contributed by atoms with van der Waals surface area (Å²) in [6, 6.07) is 5.65. The first-order valence-electron chi connectivity index (χ1n) is 6.92. The van der Waals surface area contributed by atoms with Crippen LogP contribution in [0.25, 0.3) is 0 Å². The zero-order chi connectivity index (χ0) is 16.0. The number of ether oxygens (including phenoxy) is 1. The molecule has 0 aliphatic carbocycles. The Kier molecular flexibility index (Phi) is 5.76. The smallest absolute Gasteiger partial charge is 0.309 e. The lowest BCUT2D eigenvalue weighted by molar-refractivity contribution is -0.147. The molecular formula is C16H23NO4. The van der Waals surface area contributed by atoms with Crippen molar-refractivity contribution < 1.29 is 19.4 Å². The van der Waals surface area contributed by atoms with Gasteiger partial charge < -0.3 is 15.2 Å². The zero-order valence-corrected chi connectivity index (χ0v) is 13.0. The summed E-state index contributed by atoms with van der Waals surface area (Å²) in [4.78, 5) is 22.6. The summed E-state index contributed by atoms with van der Waals surface area (Å²) in [5.41, 5.74) is 1.43. The van der Waals surface area contributed by atoms with Gasteiger partial charge in [0, 0.05) is 6.54 Å². The first-order valence-corrected chi connectivity index (χ1v) is 6.92. The van der Waals surface area contributed by atoms with E-state index in [0.29, 0.717) is 18.7 Å². The molecule has 5 nitrogen and oxygen atoms in total. The van der Waals surface area contributed by atoms with E-state index < -0.39 is 11.4 Å². The Morgan fingerprint density at radius 2 is 1.90 bits per heavy atom. The molecule has 0 atom stereocenters. The zero-order valence-electron chi connectivity index (χ0n) is 13.0. The third-order valence-corrected chi connectivity index (χ3v) is 3.50. The third kappa shape index (κ3) is 5.45. The minimum Gasteiger partial charge on any atom is -0.484 e. The summed E-state index contributed by atoms with van der Waals surface area (Å²) in [5.74, 6) is -0.475. The minimum atomic E-state index is -0.872. The fourth-order valence-corrected chi connectivity index (χ4v) is 1.62. The van der Waals surface area contributed by atoms with Gasteiger partial charge in [-0.15, -0.1) is 0 Å². The molecule has 0 saturated carbocycles. The van der Waals surface area contributed by atoms with Gasteiger partial charge in [-0.1, -0.05) is 6.07 Å². The Balaban J connectivity index is 2.34. The second-order valence-electron chi connectivity index (χ2n) is 5.82. The molecule has 0 saturated heterocycles. The molecule has 0 fully saturated rings. The molecule has 1 amide bonds. The predicted molar refractivity (Wildman–Crippen MR) is 80.5 cm³/mol. The number of nitrogens with one attached hydrogen (secondary N) is 1. The Hall–Kier alpha value is -2.04. The largest absolute Gasteiger partial charge is 0.484 e. The third-order valence-electron chi connectivity index (χ3n) is 3.50. The van der Waals surface area contributed by atoms with E-state index in [9.17, 15) is 9.59 Å². The van der Waals surface area contributed by atoms with Crippen LogP contribution in [0.2, 0.25) is 0 Å². The molecule has 116 valence electrons. The van der Waals surface area contributed by atoms with Crippen molar-refractivity contribution in [3.63, 3.8) is 0 Å². The van der Waals surface area contributed by atoms with Crippen molar-refractivity contribution in [3.05, 3.63) is 29.3 Å². The van der Waals surface area contributed by atoms with E-state index >= 15 is 0 Å². The van der Waals surface area contributed by atoms with E-state index in [-0.39, 0.29) is 12.5 Å². The van der Waals surface area contributed by atoms with Crippen LogP contribution in [0.1, 0.15) is 31.4 Å². The van der Waals surface area contributed by atoms with Gasteiger partial charge in [-0.05, 0) is 57.4 Å². The van der Waals surface area contributed by atoms with Crippen LogP contribution in [0, 0.1) is 19.3 Å². The molecule has 0 bridgehead atoms. The fourth-order valence-electron chi connectivity index (χ4n) is 1.62. The molecule has 2 N–H and O–H groups in total. The van der Waals surface area contributed by atoms with Crippen molar-refractivity contribution in [1.82, 2.24) is 5.32 Å². The Labute approximate surface area is 125 Å². The number of carboxylic acids is 1. The topological polar surface area (TPSA) is 75.6 Å².